The number of aliphatic hydroxyl groups is 1. The molecule has 0 saturated heterocycles. The number of unbranched alkanes of at least 4 members (excludes halogenated alkanes) is 3. The van der Waals surface area contributed by atoms with Crippen molar-refractivity contribution in [1.82, 2.24) is 14.9 Å². The number of hydrogen-bond donors (Lipinski definition) is 6. The zero-order chi connectivity index (χ0) is 32.2. The summed E-state index contributed by atoms with van der Waals surface area (Å²) in [5, 5.41) is 26.3. The first-order valence-electron chi connectivity index (χ1n) is 15.2. The first-order chi connectivity index (χ1) is 21.6. The lowest BCUT2D eigenvalue weighted by Crippen LogP contribution is -2.35. The third-order valence-electron chi connectivity index (χ3n) is 7.21. The number of benzene rings is 2. The van der Waals surface area contributed by atoms with E-state index in [0.29, 0.717) is 32.8 Å². The molecule has 0 aliphatic carbocycles. The molecule has 0 radical (unpaired) electrons. The predicted molar refractivity (Wildman–Crippen MR) is 170 cm³/mol. The maximum absolute atomic E-state index is 12.1. The number of primary amides is 1. The summed E-state index contributed by atoms with van der Waals surface area (Å²) in [4.78, 5) is 25.5. The first-order valence-corrected chi connectivity index (χ1v) is 15.2. The molecule has 7 N–H and O–H groups in total. The number of aromatic nitrogens is 2. The van der Waals surface area contributed by atoms with Gasteiger partial charge in [-0.25, -0.2) is 9.59 Å². The van der Waals surface area contributed by atoms with Gasteiger partial charge in [0.1, 0.15) is 5.75 Å². The van der Waals surface area contributed by atoms with Crippen molar-refractivity contribution >= 4 is 11.8 Å². The van der Waals surface area contributed by atoms with E-state index in [0.717, 1.165) is 64.8 Å². The van der Waals surface area contributed by atoms with Crippen LogP contribution in [0.1, 0.15) is 74.3 Å². The Bertz CT molecular complexity index is 1550. The number of carbonyl (C=O) groups is 1. The van der Waals surface area contributed by atoms with Gasteiger partial charge >= 0.3 is 11.7 Å². The van der Waals surface area contributed by atoms with Crippen LogP contribution in [0.2, 0.25) is 0 Å². The summed E-state index contributed by atoms with van der Waals surface area (Å²) in [5.74, 6) is 5.83. The van der Waals surface area contributed by atoms with Gasteiger partial charge in [0, 0.05) is 44.5 Å². The minimum atomic E-state index is -0.892. The summed E-state index contributed by atoms with van der Waals surface area (Å²) in [5.41, 5.74) is 7.83. The molecule has 0 unspecified atom stereocenters. The zero-order valence-electron chi connectivity index (χ0n) is 25.9. The lowest BCUT2D eigenvalue weighted by Gasteiger charge is -2.33. The summed E-state index contributed by atoms with van der Waals surface area (Å²) in [6, 6.07) is 12.2. The Kier molecular flexibility index (Phi) is 12.1. The van der Waals surface area contributed by atoms with Crippen molar-refractivity contribution in [3.05, 3.63) is 75.2 Å². The van der Waals surface area contributed by atoms with E-state index in [1.165, 1.54) is 0 Å². The van der Waals surface area contributed by atoms with Gasteiger partial charge in [0.2, 0.25) is 11.7 Å². The number of ether oxygens (including phenoxy) is 3. The van der Waals surface area contributed by atoms with E-state index in [4.69, 9.17) is 19.9 Å². The second-order valence-corrected chi connectivity index (χ2v) is 11.4. The minimum absolute atomic E-state index is 0.0958. The van der Waals surface area contributed by atoms with Crippen LogP contribution in [0.4, 0.5) is 10.6 Å². The van der Waals surface area contributed by atoms with Crippen molar-refractivity contribution in [3.8, 4) is 23.5 Å². The number of aromatic amines is 1. The van der Waals surface area contributed by atoms with Crippen molar-refractivity contribution in [2.45, 2.75) is 71.0 Å². The topological polar surface area (TPSA) is 173 Å². The molecule has 12 nitrogen and oxygen atoms in total. The fraction of sp³-hybridized carbons (Fsp3) is 0.455. The van der Waals surface area contributed by atoms with Gasteiger partial charge in [-0.3, -0.25) is 14.9 Å². The number of hydrogen-bond acceptors (Lipinski definition) is 8. The zero-order valence-corrected chi connectivity index (χ0v) is 25.9. The van der Waals surface area contributed by atoms with Gasteiger partial charge in [-0.05, 0) is 54.8 Å². The van der Waals surface area contributed by atoms with Crippen LogP contribution in [0.15, 0.2) is 47.3 Å². The van der Waals surface area contributed by atoms with E-state index >= 15 is 0 Å². The van der Waals surface area contributed by atoms with Crippen LogP contribution in [0.5, 0.6) is 11.6 Å². The van der Waals surface area contributed by atoms with Crippen LogP contribution in [0, 0.1) is 11.8 Å². The summed E-state index contributed by atoms with van der Waals surface area (Å²) >= 11 is 0. The smallest absolute Gasteiger partial charge is 0.330 e. The highest BCUT2D eigenvalue weighted by atomic mass is 16.7. The maximum atomic E-state index is 12.1. The average Bonchev–Trinajstić information content (AvgIpc) is 3.25. The number of nitrogens with two attached hydrogens (primary N) is 1. The molecule has 2 amide bonds. The van der Waals surface area contributed by atoms with E-state index < -0.39 is 29.5 Å². The minimum Gasteiger partial charge on any atom is -0.492 e. The fourth-order valence-electron chi connectivity index (χ4n) is 4.87. The van der Waals surface area contributed by atoms with Gasteiger partial charge in [-0.2, -0.15) is 0 Å². The molecular formula is C33H43N5O7. The van der Waals surface area contributed by atoms with Crippen molar-refractivity contribution in [3.63, 3.8) is 0 Å². The highest BCUT2D eigenvalue weighted by Gasteiger charge is 2.27. The number of rotatable bonds is 15. The van der Waals surface area contributed by atoms with Gasteiger partial charge in [0.25, 0.3) is 0 Å². The van der Waals surface area contributed by atoms with Crippen LogP contribution in [0.3, 0.4) is 0 Å². The summed E-state index contributed by atoms with van der Waals surface area (Å²) in [6.07, 6.45) is 4.18. The second-order valence-electron chi connectivity index (χ2n) is 11.4. The van der Waals surface area contributed by atoms with Crippen LogP contribution >= 0.6 is 0 Å². The SMILES string of the molecule is CC1(C)OCc2cc([C@@H](O)CNCCCCCCOCCC#Cc3cccc(Cn4c(O)c(NC(N)=O)[nH]c4=O)c3)ccc2O1. The van der Waals surface area contributed by atoms with Crippen LogP contribution < -0.4 is 26.8 Å². The number of nitrogens with one attached hydrogen (secondary N) is 3. The Balaban J connectivity index is 1.04. The number of aliphatic hydroxyl groups excluding tert-OH is 1. The molecule has 1 aliphatic rings. The quantitative estimate of drug-likeness (QED) is 0.110. The van der Waals surface area contributed by atoms with Crippen molar-refractivity contribution in [2.75, 3.05) is 31.6 Å². The molecule has 0 spiro atoms. The lowest BCUT2D eigenvalue weighted by molar-refractivity contribution is -0.180. The monoisotopic (exact) mass is 621 g/mol. The second kappa shape index (κ2) is 16.2. The van der Waals surface area contributed by atoms with Crippen LogP contribution in [-0.2, 0) is 22.6 Å². The molecule has 45 heavy (non-hydrogen) atoms. The van der Waals surface area contributed by atoms with Crippen LogP contribution in [0.25, 0.3) is 0 Å². The maximum Gasteiger partial charge on any atom is 0.330 e. The third kappa shape index (κ3) is 10.4. The number of imidazole rings is 1. The van der Waals surface area contributed by atoms with Gasteiger partial charge in [-0.1, -0.05) is 42.9 Å². The van der Waals surface area contributed by atoms with E-state index in [1.807, 2.05) is 56.3 Å². The molecule has 1 aromatic heterocycles. The molecule has 2 heterocycles. The summed E-state index contributed by atoms with van der Waals surface area (Å²) in [7, 11) is 0. The molecule has 242 valence electrons. The van der Waals surface area contributed by atoms with E-state index in [9.17, 15) is 19.8 Å². The number of aromatic hydroxyl groups is 1. The largest absolute Gasteiger partial charge is 0.492 e. The predicted octanol–water partition coefficient (Wildman–Crippen LogP) is 3.71. The highest BCUT2D eigenvalue weighted by molar-refractivity contribution is 5.87. The Hall–Kier alpha value is -4.28. The molecule has 1 atom stereocenters. The van der Waals surface area contributed by atoms with E-state index in [-0.39, 0.29) is 12.4 Å². The molecule has 12 heteroatoms. The fourth-order valence-corrected chi connectivity index (χ4v) is 4.87. The standard InChI is InChI=1S/C33H43N5O7/c1-33(2)44-22-26-19-25(13-14-28(26)45-33)27(39)20-35-15-6-3-4-7-16-43-17-8-5-10-23-11-9-12-24(18-23)21-38-30(40)29(36-31(34)41)37-32(38)42/h9,11-14,18-19,27,35,39-40H,3-4,6-8,15-17,20-22H2,1-2H3,(H,37,42)(H3,34,36,41)/t27-/m0/s1. The molecule has 2 aromatic carbocycles. The summed E-state index contributed by atoms with van der Waals surface area (Å²) < 4.78 is 18.3. The molecule has 4 rings (SSSR count). The van der Waals surface area contributed by atoms with Gasteiger partial charge < -0.3 is 35.5 Å². The number of nitrogens with zero attached hydrogens (tertiary/aromatic N) is 1. The number of carbonyl (C=O) groups excluding carboxylic acids is 1. The highest BCUT2D eigenvalue weighted by Crippen LogP contribution is 2.32. The van der Waals surface area contributed by atoms with Crippen molar-refractivity contribution in [2.24, 2.45) is 5.73 Å². The third-order valence-corrected chi connectivity index (χ3v) is 7.21. The number of fused-ring (bicyclic) bond motifs is 1. The average molecular weight is 622 g/mol. The Morgan fingerprint density at radius 1 is 1.18 bits per heavy atom. The van der Waals surface area contributed by atoms with E-state index in [2.05, 4.69) is 27.5 Å². The van der Waals surface area contributed by atoms with Gasteiger partial charge in [-0.15, -0.1) is 0 Å². The van der Waals surface area contributed by atoms with Crippen molar-refractivity contribution < 1.29 is 29.2 Å². The van der Waals surface area contributed by atoms with E-state index in [1.54, 1.807) is 0 Å². The number of H-pyrrole nitrogens is 1. The molecule has 3 aromatic rings. The normalized spacial score (nSPS) is 14.1. The Morgan fingerprint density at radius 2 is 2.00 bits per heavy atom. The number of urea groups is 1. The molecule has 0 bridgehead atoms. The van der Waals surface area contributed by atoms with Crippen molar-refractivity contribution in [1.29, 1.82) is 0 Å². The molecule has 0 fully saturated rings. The summed E-state index contributed by atoms with van der Waals surface area (Å²) in [6.45, 7) is 6.91. The molecular weight excluding hydrogens is 578 g/mol. The Labute approximate surface area is 262 Å². The van der Waals surface area contributed by atoms with Gasteiger partial charge in [0.05, 0.1) is 25.9 Å². The number of amides is 2. The Morgan fingerprint density at radius 3 is 2.82 bits per heavy atom. The molecule has 1 aliphatic heterocycles. The van der Waals surface area contributed by atoms with Crippen LogP contribution in [-0.4, -0.2) is 57.9 Å². The van der Waals surface area contributed by atoms with Gasteiger partial charge in [0.15, 0.2) is 5.82 Å². The molecule has 0 saturated carbocycles. The lowest BCUT2D eigenvalue weighted by atomic mass is 10.0. The first kappa shape index (κ1) is 33.6. The number of anilines is 1.